The molecule has 0 fully saturated rings. The number of nitrogens with one attached hydrogen (secondary N) is 1. The summed E-state index contributed by atoms with van der Waals surface area (Å²) < 4.78 is 69.7. The molecule has 0 saturated heterocycles. The summed E-state index contributed by atoms with van der Waals surface area (Å²) in [5.74, 6) is -0.890. The fraction of sp³-hybridized carbons (Fsp3) is 0.480. The van der Waals surface area contributed by atoms with Crippen LogP contribution in [0.4, 0.5) is 5.69 Å². The van der Waals surface area contributed by atoms with E-state index in [0.717, 1.165) is 4.31 Å². The number of rotatable bonds is 9. The van der Waals surface area contributed by atoms with Crippen molar-refractivity contribution in [3.63, 3.8) is 0 Å². The van der Waals surface area contributed by atoms with Gasteiger partial charge in [-0.2, -0.15) is 4.31 Å². The molecule has 16 heteroatoms. The Kier molecular flexibility index (Phi) is 8.50. The number of carbonyl (C=O) groups excluding carboxylic acids is 1. The summed E-state index contributed by atoms with van der Waals surface area (Å²) in [6.45, 7) is 6.13. The van der Waals surface area contributed by atoms with Gasteiger partial charge < -0.3 is 23.8 Å². The minimum atomic E-state index is -4.22. The largest absolute Gasteiger partial charge is 0.486 e. The van der Waals surface area contributed by atoms with Crippen LogP contribution in [0.2, 0.25) is 0 Å². The first-order chi connectivity index (χ1) is 19.2. The first kappa shape index (κ1) is 30.5. The summed E-state index contributed by atoms with van der Waals surface area (Å²) in [5.41, 5.74) is 0.180. The third kappa shape index (κ3) is 5.95. The maximum absolute atomic E-state index is 13.7. The highest BCUT2D eigenvalue weighted by atomic mass is 32.2. The molecular weight excluding hydrogens is 576 g/mol. The van der Waals surface area contributed by atoms with Crippen LogP contribution < -0.4 is 9.46 Å². The number of aromatic nitrogens is 3. The smallest absolute Gasteiger partial charge is 0.267 e. The van der Waals surface area contributed by atoms with Crippen molar-refractivity contribution in [1.29, 1.82) is 0 Å². The van der Waals surface area contributed by atoms with E-state index < -0.39 is 44.0 Å². The predicted octanol–water partition coefficient (Wildman–Crippen LogP) is 1.37. The molecule has 2 N–H and O–H groups in total. The van der Waals surface area contributed by atoms with Crippen LogP contribution in [0.15, 0.2) is 45.2 Å². The molecule has 0 bridgehead atoms. The zero-order chi connectivity index (χ0) is 30.3. The number of hydrogen-bond donors (Lipinski definition) is 2. The van der Waals surface area contributed by atoms with Crippen molar-refractivity contribution in [2.75, 3.05) is 31.5 Å². The topological polar surface area (TPSA) is 177 Å². The van der Waals surface area contributed by atoms with E-state index in [1.54, 1.807) is 20.9 Å². The maximum atomic E-state index is 13.7. The number of benzene rings is 1. The molecule has 3 aromatic rings. The van der Waals surface area contributed by atoms with Gasteiger partial charge >= 0.3 is 0 Å². The van der Waals surface area contributed by atoms with Gasteiger partial charge in [-0.15, -0.1) is 0 Å². The van der Waals surface area contributed by atoms with Gasteiger partial charge in [0.15, 0.2) is 21.4 Å². The van der Waals surface area contributed by atoms with Crippen LogP contribution in [-0.2, 0) is 27.1 Å². The van der Waals surface area contributed by atoms with E-state index >= 15 is 0 Å². The fourth-order valence-electron chi connectivity index (χ4n) is 4.63. The first-order valence-corrected chi connectivity index (χ1v) is 15.7. The van der Waals surface area contributed by atoms with Crippen LogP contribution in [-0.4, -0.2) is 90.7 Å². The highest BCUT2D eigenvalue weighted by Gasteiger charge is 2.37. The van der Waals surface area contributed by atoms with Crippen LogP contribution >= 0.6 is 0 Å². The lowest BCUT2D eigenvalue weighted by atomic mass is 9.99. The highest BCUT2D eigenvalue weighted by molar-refractivity contribution is 7.92. The van der Waals surface area contributed by atoms with Crippen molar-refractivity contribution < 1.29 is 36.0 Å². The molecule has 1 aliphatic heterocycles. The summed E-state index contributed by atoms with van der Waals surface area (Å²) in [6.07, 6.45) is 1.93. The maximum Gasteiger partial charge on any atom is 0.267 e. The van der Waals surface area contributed by atoms with E-state index in [-0.39, 0.29) is 58.1 Å². The Morgan fingerprint density at radius 3 is 2.54 bits per heavy atom. The van der Waals surface area contributed by atoms with Crippen LogP contribution in [0.1, 0.15) is 35.7 Å². The highest BCUT2D eigenvalue weighted by Crippen LogP contribution is 2.37. The third-order valence-corrected chi connectivity index (χ3v) is 10.3. The molecule has 3 atom stereocenters. The Bertz CT molecular complexity index is 1630. The molecule has 2 aromatic heterocycles. The minimum Gasteiger partial charge on any atom is -0.486 e. The minimum absolute atomic E-state index is 0.0261. The number of fused-ring (bicyclic) bond motifs is 1. The number of sulfonamides is 2. The number of aryl methyl sites for hydroxylation is 3. The van der Waals surface area contributed by atoms with Crippen LogP contribution in [0, 0.1) is 19.8 Å². The Morgan fingerprint density at radius 2 is 1.95 bits per heavy atom. The standard InChI is InChI=1S/C25H34N6O8S2/c1-15-10-31(16(2)13-32)25(33)19-8-7-9-20(28-40(34,35)24-17(3)27-39-18(24)4)23(19)38-21(15)11-30(6)41(36,37)22-12-29(5)14-26-22/h7-9,12,14-16,21,28,32H,10-11,13H2,1-6H3/t15-,16-,21-/m1/s1. The number of likely N-dealkylation sites (N-methyl/N-ethyl adjacent to an activating group) is 1. The predicted molar refractivity (Wildman–Crippen MR) is 147 cm³/mol. The summed E-state index contributed by atoms with van der Waals surface area (Å²) in [5, 5.41) is 13.5. The molecule has 0 aliphatic carbocycles. The number of hydrogen-bond acceptors (Lipinski definition) is 10. The Balaban J connectivity index is 1.78. The van der Waals surface area contributed by atoms with Crippen molar-refractivity contribution in [2.24, 2.45) is 13.0 Å². The Labute approximate surface area is 239 Å². The lowest BCUT2D eigenvalue weighted by Crippen LogP contribution is -2.50. The average Bonchev–Trinajstić information content (AvgIpc) is 3.50. The van der Waals surface area contributed by atoms with Crippen molar-refractivity contribution in [3.05, 3.63) is 47.7 Å². The van der Waals surface area contributed by atoms with E-state index in [9.17, 15) is 26.7 Å². The van der Waals surface area contributed by atoms with Crippen LogP contribution in [0.5, 0.6) is 5.75 Å². The second-order valence-corrected chi connectivity index (χ2v) is 13.8. The fourth-order valence-corrected chi connectivity index (χ4v) is 7.17. The number of anilines is 1. The number of carbonyl (C=O) groups is 1. The van der Waals surface area contributed by atoms with Gasteiger partial charge in [0.25, 0.3) is 26.0 Å². The van der Waals surface area contributed by atoms with Gasteiger partial charge in [-0.3, -0.25) is 9.52 Å². The van der Waals surface area contributed by atoms with Crippen molar-refractivity contribution in [2.45, 2.75) is 49.8 Å². The molecule has 1 aromatic carbocycles. The second-order valence-electron chi connectivity index (χ2n) is 10.2. The molecule has 0 radical (unpaired) electrons. The number of aliphatic hydroxyl groups is 1. The van der Waals surface area contributed by atoms with Gasteiger partial charge in [0.2, 0.25) is 0 Å². The summed E-state index contributed by atoms with van der Waals surface area (Å²) in [7, 11) is -5.16. The SMILES string of the molecule is Cc1noc(C)c1S(=O)(=O)Nc1cccc2c1O[C@H](CN(C)S(=O)(=O)c1cn(C)cn1)[C@H](C)CN([C@H](C)CO)C2=O. The van der Waals surface area contributed by atoms with Crippen molar-refractivity contribution >= 4 is 31.6 Å². The van der Waals surface area contributed by atoms with Crippen LogP contribution in [0.25, 0.3) is 0 Å². The first-order valence-electron chi connectivity index (χ1n) is 12.8. The van der Waals surface area contributed by atoms with E-state index in [4.69, 9.17) is 9.26 Å². The molecule has 41 heavy (non-hydrogen) atoms. The summed E-state index contributed by atoms with van der Waals surface area (Å²) in [6, 6.07) is 3.86. The molecule has 0 unspecified atom stereocenters. The Morgan fingerprint density at radius 1 is 1.24 bits per heavy atom. The monoisotopic (exact) mass is 610 g/mol. The zero-order valence-corrected chi connectivity index (χ0v) is 25.2. The number of amides is 1. The number of ether oxygens (including phenoxy) is 1. The third-order valence-electron chi connectivity index (χ3n) is 6.96. The number of para-hydroxylation sites is 1. The molecule has 14 nitrogen and oxygen atoms in total. The van der Waals surface area contributed by atoms with E-state index in [1.165, 1.54) is 61.1 Å². The molecule has 0 saturated carbocycles. The zero-order valence-electron chi connectivity index (χ0n) is 23.6. The van der Waals surface area contributed by atoms with Gasteiger partial charge in [0, 0.05) is 32.8 Å². The Hall–Kier alpha value is -3.47. The molecular formula is C25H34N6O8S2. The van der Waals surface area contributed by atoms with Gasteiger partial charge in [0.1, 0.15) is 11.8 Å². The summed E-state index contributed by atoms with van der Waals surface area (Å²) in [4.78, 5) is 19.0. The van der Waals surface area contributed by atoms with Crippen molar-refractivity contribution in [1.82, 2.24) is 23.9 Å². The second kappa shape index (κ2) is 11.4. The molecule has 0 spiro atoms. The van der Waals surface area contributed by atoms with Gasteiger partial charge in [-0.1, -0.05) is 18.1 Å². The molecule has 4 rings (SSSR count). The van der Waals surface area contributed by atoms with Crippen molar-refractivity contribution in [3.8, 4) is 5.75 Å². The molecule has 1 amide bonds. The normalized spacial score (nSPS) is 18.9. The molecule has 1 aliphatic rings. The van der Waals surface area contributed by atoms with E-state index in [2.05, 4.69) is 14.9 Å². The van der Waals surface area contributed by atoms with E-state index in [1.807, 2.05) is 0 Å². The number of aliphatic hydroxyl groups excluding tert-OH is 1. The van der Waals surface area contributed by atoms with Gasteiger partial charge in [0.05, 0.1) is 36.8 Å². The van der Waals surface area contributed by atoms with Crippen LogP contribution in [0.3, 0.4) is 0 Å². The van der Waals surface area contributed by atoms with E-state index in [0.29, 0.717) is 0 Å². The lowest BCUT2D eigenvalue weighted by Gasteiger charge is -2.38. The molecule has 3 heterocycles. The van der Waals surface area contributed by atoms with Gasteiger partial charge in [-0.05, 0) is 32.9 Å². The quantitative estimate of drug-likeness (QED) is 0.360. The average molecular weight is 611 g/mol. The molecule has 224 valence electrons. The summed E-state index contributed by atoms with van der Waals surface area (Å²) >= 11 is 0. The number of nitrogens with zero attached hydrogens (tertiary/aromatic N) is 5. The van der Waals surface area contributed by atoms with Gasteiger partial charge in [-0.25, -0.2) is 21.8 Å². The number of imidazole rings is 1. The lowest BCUT2D eigenvalue weighted by molar-refractivity contribution is 0.0389.